The van der Waals surface area contributed by atoms with E-state index in [0.717, 1.165) is 29.7 Å². The molecule has 1 aromatic heterocycles. The monoisotopic (exact) mass is 374 g/mol. The molecule has 0 aliphatic rings. The van der Waals surface area contributed by atoms with Crippen molar-refractivity contribution in [2.45, 2.75) is 19.8 Å². The van der Waals surface area contributed by atoms with E-state index in [9.17, 15) is 4.79 Å². The molecule has 142 valence electrons. The lowest BCUT2D eigenvalue weighted by Gasteiger charge is -2.07. The molecule has 0 spiro atoms. The van der Waals surface area contributed by atoms with Gasteiger partial charge in [0.2, 0.25) is 0 Å². The molecule has 0 atom stereocenters. The molecule has 0 amide bonds. The van der Waals surface area contributed by atoms with E-state index in [1.54, 1.807) is 36.7 Å². The Balaban J connectivity index is 1.74. The summed E-state index contributed by atoms with van der Waals surface area (Å²) in [7, 11) is 0. The second kappa shape index (κ2) is 10.0. The molecule has 0 saturated heterocycles. The van der Waals surface area contributed by atoms with Crippen LogP contribution in [-0.2, 0) is 4.84 Å². The zero-order chi connectivity index (χ0) is 19.6. The van der Waals surface area contributed by atoms with Crippen molar-refractivity contribution < 1.29 is 14.4 Å². The van der Waals surface area contributed by atoms with Gasteiger partial charge >= 0.3 is 5.97 Å². The summed E-state index contributed by atoms with van der Waals surface area (Å²) in [6.07, 6.45) is 5.42. The topological polar surface area (TPSA) is 60.8 Å². The van der Waals surface area contributed by atoms with E-state index in [-0.39, 0.29) is 0 Å². The molecule has 0 N–H and O–H groups in total. The van der Waals surface area contributed by atoms with E-state index in [2.05, 4.69) is 17.1 Å². The number of nitrogens with zero attached hydrogens (tertiary/aromatic N) is 2. The largest absolute Gasteiger partial charge is 0.494 e. The average molecular weight is 374 g/mol. The van der Waals surface area contributed by atoms with Gasteiger partial charge in [-0.25, -0.2) is 4.79 Å². The SMILES string of the molecule is CCCCOc1ccc(C(=O)O/N=C(/c2ccccc2)c2ccncc2)cc1. The summed E-state index contributed by atoms with van der Waals surface area (Å²) in [5.41, 5.74) is 2.64. The molecular formula is C23H22N2O3. The number of oxime groups is 1. The number of aromatic nitrogens is 1. The van der Waals surface area contributed by atoms with Crippen molar-refractivity contribution in [3.05, 3.63) is 95.8 Å². The van der Waals surface area contributed by atoms with Crippen LogP contribution in [0.25, 0.3) is 0 Å². The molecule has 0 saturated carbocycles. The first kappa shape index (κ1) is 19.3. The van der Waals surface area contributed by atoms with Gasteiger partial charge in [0.1, 0.15) is 11.5 Å². The summed E-state index contributed by atoms with van der Waals surface area (Å²) in [6, 6.07) is 20.1. The Hall–Kier alpha value is -3.47. The third-order valence-corrected chi connectivity index (χ3v) is 4.08. The van der Waals surface area contributed by atoms with Gasteiger partial charge in [0.05, 0.1) is 12.2 Å². The van der Waals surface area contributed by atoms with Gasteiger partial charge in [0.25, 0.3) is 0 Å². The van der Waals surface area contributed by atoms with E-state index in [0.29, 0.717) is 17.9 Å². The lowest BCUT2D eigenvalue weighted by molar-refractivity contribution is 0.0517. The molecule has 0 bridgehead atoms. The maximum atomic E-state index is 12.4. The molecule has 0 aliphatic carbocycles. The van der Waals surface area contributed by atoms with Crippen LogP contribution in [-0.4, -0.2) is 23.3 Å². The minimum Gasteiger partial charge on any atom is -0.494 e. The smallest absolute Gasteiger partial charge is 0.365 e. The van der Waals surface area contributed by atoms with Crippen molar-refractivity contribution in [3.8, 4) is 5.75 Å². The number of carbonyl (C=O) groups is 1. The number of rotatable bonds is 8. The Labute approximate surface area is 164 Å². The van der Waals surface area contributed by atoms with Crippen LogP contribution in [0.1, 0.15) is 41.3 Å². The standard InChI is InChI=1S/C23H22N2O3/c1-2-3-17-27-21-11-9-20(10-12-21)23(26)28-25-22(18-7-5-4-6-8-18)19-13-15-24-16-14-19/h4-16H,2-3,17H2,1H3/b25-22-. The van der Waals surface area contributed by atoms with Gasteiger partial charge in [0, 0.05) is 23.5 Å². The first-order valence-corrected chi connectivity index (χ1v) is 9.26. The summed E-state index contributed by atoms with van der Waals surface area (Å²) >= 11 is 0. The minimum atomic E-state index is -0.525. The summed E-state index contributed by atoms with van der Waals surface area (Å²) in [4.78, 5) is 21.7. The van der Waals surface area contributed by atoms with E-state index >= 15 is 0 Å². The Kier molecular flexibility index (Phi) is 6.90. The third-order valence-electron chi connectivity index (χ3n) is 4.08. The minimum absolute atomic E-state index is 0.411. The number of hydrogen-bond acceptors (Lipinski definition) is 5. The van der Waals surface area contributed by atoms with E-state index in [1.807, 2.05) is 42.5 Å². The highest BCUT2D eigenvalue weighted by molar-refractivity contribution is 6.12. The van der Waals surface area contributed by atoms with Gasteiger partial charge in [-0.05, 0) is 42.8 Å². The van der Waals surface area contributed by atoms with Crippen molar-refractivity contribution in [3.63, 3.8) is 0 Å². The molecule has 2 aromatic carbocycles. The van der Waals surface area contributed by atoms with Crippen LogP contribution >= 0.6 is 0 Å². The molecule has 3 aromatic rings. The predicted molar refractivity (Wildman–Crippen MR) is 109 cm³/mol. The Morgan fingerprint density at radius 3 is 2.25 bits per heavy atom. The molecule has 0 fully saturated rings. The summed E-state index contributed by atoms with van der Waals surface area (Å²) in [5, 5.41) is 4.13. The molecule has 1 heterocycles. The quantitative estimate of drug-likeness (QED) is 0.244. The Bertz CT molecular complexity index is 866. The maximum Gasteiger partial charge on any atom is 0.365 e. The van der Waals surface area contributed by atoms with Gasteiger partial charge in [0.15, 0.2) is 0 Å². The Morgan fingerprint density at radius 1 is 0.893 bits per heavy atom. The molecule has 5 nitrogen and oxygen atoms in total. The van der Waals surface area contributed by atoms with E-state index in [4.69, 9.17) is 9.57 Å². The van der Waals surface area contributed by atoms with Crippen LogP contribution in [0.3, 0.4) is 0 Å². The summed E-state index contributed by atoms with van der Waals surface area (Å²) < 4.78 is 5.61. The van der Waals surface area contributed by atoms with E-state index < -0.39 is 5.97 Å². The fourth-order valence-corrected chi connectivity index (χ4v) is 2.54. The molecular weight excluding hydrogens is 352 g/mol. The van der Waals surface area contributed by atoms with E-state index in [1.165, 1.54) is 0 Å². The number of carbonyl (C=O) groups excluding carboxylic acids is 1. The molecule has 0 aliphatic heterocycles. The zero-order valence-corrected chi connectivity index (χ0v) is 15.7. The Morgan fingerprint density at radius 2 is 1.57 bits per heavy atom. The van der Waals surface area contributed by atoms with Crippen LogP contribution in [0.5, 0.6) is 5.75 Å². The third kappa shape index (κ3) is 5.27. The number of pyridine rings is 1. The van der Waals surface area contributed by atoms with Crippen molar-refractivity contribution in [2.75, 3.05) is 6.61 Å². The van der Waals surface area contributed by atoms with Crippen molar-refractivity contribution >= 4 is 11.7 Å². The average Bonchev–Trinajstić information content (AvgIpc) is 2.76. The van der Waals surface area contributed by atoms with Crippen LogP contribution in [0, 0.1) is 0 Å². The second-order valence-electron chi connectivity index (χ2n) is 6.15. The number of ether oxygens (including phenoxy) is 1. The molecule has 3 rings (SSSR count). The highest BCUT2D eigenvalue weighted by Gasteiger charge is 2.11. The van der Waals surface area contributed by atoms with Gasteiger partial charge in [-0.15, -0.1) is 0 Å². The lowest BCUT2D eigenvalue weighted by Crippen LogP contribution is -2.08. The number of hydrogen-bond donors (Lipinski definition) is 0. The van der Waals surface area contributed by atoms with Crippen LogP contribution in [0.15, 0.2) is 84.3 Å². The highest BCUT2D eigenvalue weighted by Crippen LogP contribution is 2.15. The second-order valence-corrected chi connectivity index (χ2v) is 6.15. The molecule has 5 heteroatoms. The van der Waals surface area contributed by atoms with Crippen molar-refractivity contribution in [1.82, 2.24) is 4.98 Å². The first-order valence-electron chi connectivity index (χ1n) is 9.26. The number of unbranched alkanes of at least 4 members (excludes halogenated alkanes) is 1. The van der Waals surface area contributed by atoms with Crippen molar-refractivity contribution in [1.29, 1.82) is 0 Å². The van der Waals surface area contributed by atoms with Crippen LogP contribution < -0.4 is 4.74 Å². The van der Waals surface area contributed by atoms with Gasteiger partial charge in [-0.3, -0.25) is 4.98 Å². The molecule has 0 unspecified atom stereocenters. The predicted octanol–water partition coefficient (Wildman–Crippen LogP) is 4.87. The van der Waals surface area contributed by atoms with Crippen molar-refractivity contribution in [2.24, 2.45) is 5.16 Å². The first-order chi connectivity index (χ1) is 13.8. The fourth-order valence-electron chi connectivity index (χ4n) is 2.54. The van der Waals surface area contributed by atoms with Crippen LogP contribution in [0.4, 0.5) is 0 Å². The van der Waals surface area contributed by atoms with Gasteiger partial charge in [-0.1, -0.05) is 48.8 Å². The number of benzene rings is 2. The van der Waals surface area contributed by atoms with Gasteiger partial charge < -0.3 is 9.57 Å². The summed E-state index contributed by atoms with van der Waals surface area (Å²) in [5.74, 6) is 0.206. The maximum absolute atomic E-state index is 12.4. The fraction of sp³-hybridized carbons (Fsp3) is 0.174. The highest BCUT2D eigenvalue weighted by atomic mass is 16.7. The lowest BCUT2D eigenvalue weighted by atomic mass is 10.0. The van der Waals surface area contributed by atoms with Crippen LogP contribution in [0.2, 0.25) is 0 Å². The van der Waals surface area contributed by atoms with Gasteiger partial charge in [-0.2, -0.15) is 0 Å². The summed E-state index contributed by atoms with van der Waals surface area (Å²) in [6.45, 7) is 2.77. The normalized spacial score (nSPS) is 11.1. The molecule has 28 heavy (non-hydrogen) atoms. The zero-order valence-electron chi connectivity index (χ0n) is 15.7. The molecule has 0 radical (unpaired) electrons.